The molecule has 0 bridgehead atoms. The van der Waals surface area contributed by atoms with Gasteiger partial charge in [-0.2, -0.15) is 15.3 Å². The minimum atomic E-state index is -0.431. The summed E-state index contributed by atoms with van der Waals surface area (Å²) < 4.78 is 1.86. The van der Waals surface area contributed by atoms with Crippen molar-refractivity contribution in [1.29, 1.82) is 0 Å². The van der Waals surface area contributed by atoms with E-state index in [0.717, 1.165) is 22.6 Å². The molecule has 1 amide bonds. The van der Waals surface area contributed by atoms with E-state index in [9.17, 15) is 9.90 Å². The first-order chi connectivity index (χ1) is 15.0. The minimum absolute atomic E-state index is 0.100. The number of carbonyl (C=O) groups is 1. The van der Waals surface area contributed by atoms with Gasteiger partial charge in [0.05, 0.1) is 28.5 Å². The van der Waals surface area contributed by atoms with E-state index >= 15 is 0 Å². The molecule has 2 aromatic heterocycles. The summed E-state index contributed by atoms with van der Waals surface area (Å²) in [4.78, 5) is 12.5. The van der Waals surface area contributed by atoms with Gasteiger partial charge in [0, 0.05) is 11.1 Å². The third-order valence-corrected chi connectivity index (χ3v) is 4.99. The van der Waals surface area contributed by atoms with Gasteiger partial charge < -0.3 is 5.11 Å². The maximum absolute atomic E-state index is 12.5. The molecule has 3 N–H and O–H groups in total. The minimum Gasteiger partial charge on any atom is -0.507 e. The maximum atomic E-state index is 12.5. The number of aromatic hydroxyl groups is 1. The molecule has 2 aromatic carbocycles. The van der Waals surface area contributed by atoms with Gasteiger partial charge in [-0.25, -0.2) is 10.1 Å². The summed E-state index contributed by atoms with van der Waals surface area (Å²) in [7, 11) is 0. The van der Waals surface area contributed by atoms with Crippen LogP contribution in [0.4, 0.5) is 0 Å². The Morgan fingerprint density at radius 1 is 1.10 bits per heavy atom. The van der Waals surface area contributed by atoms with Crippen LogP contribution in [0, 0.1) is 13.8 Å². The van der Waals surface area contributed by atoms with E-state index in [1.165, 1.54) is 0 Å². The van der Waals surface area contributed by atoms with Crippen molar-refractivity contribution in [3.05, 3.63) is 83.3 Å². The van der Waals surface area contributed by atoms with Gasteiger partial charge in [-0.15, -0.1) is 0 Å². The van der Waals surface area contributed by atoms with Crippen LogP contribution in [0.3, 0.4) is 0 Å². The number of carbonyl (C=O) groups excluding carboxylic acids is 1. The predicted molar refractivity (Wildman–Crippen MR) is 118 cm³/mol. The lowest BCUT2D eigenvalue weighted by Gasteiger charge is -2.04. The molecule has 156 valence electrons. The first kappa shape index (κ1) is 20.1. The number of aromatic nitrogens is 4. The van der Waals surface area contributed by atoms with Crippen molar-refractivity contribution in [2.75, 3.05) is 0 Å². The van der Waals surface area contributed by atoms with Crippen LogP contribution in [0.5, 0.6) is 5.75 Å². The van der Waals surface area contributed by atoms with Crippen molar-refractivity contribution in [3.63, 3.8) is 0 Å². The average molecular weight is 414 g/mol. The van der Waals surface area contributed by atoms with Gasteiger partial charge in [-0.3, -0.25) is 9.89 Å². The van der Waals surface area contributed by atoms with Crippen molar-refractivity contribution in [2.24, 2.45) is 5.10 Å². The predicted octanol–water partition coefficient (Wildman–Crippen LogP) is 3.74. The Hall–Kier alpha value is -4.20. The lowest BCUT2D eigenvalue weighted by Crippen LogP contribution is -2.19. The van der Waals surface area contributed by atoms with Crippen molar-refractivity contribution < 1.29 is 9.90 Å². The first-order valence-electron chi connectivity index (χ1n) is 9.76. The molecule has 0 saturated carbocycles. The van der Waals surface area contributed by atoms with Crippen LogP contribution in [0.15, 0.2) is 65.8 Å². The summed E-state index contributed by atoms with van der Waals surface area (Å²) >= 11 is 0. The molecule has 0 atom stereocenters. The van der Waals surface area contributed by atoms with Crippen LogP contribution in [0.25, 0.3) is 16.9 Å². The Balaban J connectivity index is 1.56. The second-order valence-electron chi connectivity index (χ2n) is 7.12. The molecule has 0 aliphatic heterocycles. The van der Waals surface area contributed by atoms with E-state index in [4.69, 9.17) is 0 Å². The van der Waals surface area contributed by atoms with Gasteiger partial charge >= 0.3 is 0 Å². The van der Waals surface area contributed by atoms with Crippen molar-refractivity contribution in [1.82, 2.24) is 25.4 Å². The SMILES string of the molecule is CC(=NNC(=O)c1cc(-c2c(C)nn(-c3ccccc3)c2C)n[nH]1)c1ccccc1O. The zero-order valence-corrected chi connectivity index (χ0v) is 17.4. The molecule has 8 heteroatoms. The van der Waals surface area contributed by atoms with Gasteiger partial charge in [-0.05, 0) is 51.1 Å². The number of amides is 1. The highest BCUT2D eigenvalue weighted by atomic mass is 16.3. The van der Waals surface area contributed by atoms with Gasteiger partial charge in [0.2, 0.25) is 0 Å². The third kappa shape index (κ3) is 3.95. The number of hydrazone groups is 1. The second-order valence-corrected chi connectivity index (χ2v) is 7.12. The van der Waals surface area contributed by atoms with Gasteiger partial charge in [0.15, 0.2) is 0 Å². The van der Waals surface area contributed by atoms with E-state index in [-0.39, 0.29) is 11.4 Å². The monoisotopic (exact) mass is 414 g/mol. The van der Waals surface area contributed by atoms with E-state index in [1.54, 1.807) is 37.3 Å². The maximum Gasteiger partial charge on any atom is 0.289 e. The van der Waals surface area contributed by atoms with Crippen molar-refractivity contribution in [3.8, 4) is 22.7 Å². The number of phenolic OH excluding ortho intramolecular Hbond substituents is 1. The van der Waals surface area contributed by atoms with E-state index in [0.29, 0.717) is 17.0 Å². The van der Waals surface area contributed by atoms with Gasteiger partial charge in [0.1, 0.15) is 11.4 Å². The van der Waals surface area contributed by atoms with E-state index in [1.807, 2.05) is 48.9 Å². The highest BCUT2D eigenvalue weighted by molar-refractivity contribution is 6.02. The number of rotatable bonds is 5. The lowest BCUT2D eigenvalue weighted by atomic mass is 10.1. The molecule has 0 fully saturated rings. The normalized spacial score (nSPS) is 11.5. The number of nitrogens with one attached hydrogen (secondary N) is 2. The zero-order chi connectivity index (χ0) is 22.0. The number of H-pyrrole nitrogens is 1. The van der Waals surface area contributed by atoms with Gasteiger partial charge in [-0.1, -0.05) is 30.3 Å². The summed E-state index contributed by atoms with van der Waals surface area (Å²) in [5, 5.41) is 25.7. The summed E-state index contributed by atoms with van der Waals surface area (Å²) in [6, 6.07) is 18.3. The number of benzene rings is 2. The fourth-order valence-corrected chi connectivity index (χ4v) is 3.43. The molecule has 0 aliphatic carbocycles. The average Bonchev–Trinajstić information content (AvgIpc) is 3.37. The van der Waals surface area contributed by atoms with Crippen LogP contribution in [-0.2, 0) is 0 Å². The lowest BCUT2D eigenvalue weighted by molar-refractivity contribution is 0.0950. The Labute approximate surface area is 179 Å². The quantitative estimate of drug-likeness (QED) is 0.341. The second kappa shape index (κ2) is 8.27. The van der Waals surface area contributed by atoms with Crippen molar-refractivity contribution >= 4 is 11.6 Å². The molecule has 4 rings (SSSR count). The summed E-state index contributed by atoms with van der Waals surface area (Å²) in [5.41, 5.74) is 8.00. The van der Waals surface area contributed by atoms with Crippen LogP contribution < -0.4 is 5.43 Å². The molecule has 0 aliphatic rings. The summed E-state index contributed by atoms with van der Waals surface area (Å²) in [6.45, 7) is 5.59. The van der Waals surface area contributed by atoms with Crippen LogP contribution in [-0.4, -0.2) is 36.7 Å². The largest absolute Gasteiger partial charge is 0.507 e. The van der Waals surface area contributed by atoms with Crippen LogP contribution >= 0.6 is 0 Å². The van der Waals surface area contributed by atoms with Crippen LogP contribution in [0.1, 0.15) is 34.4 Å². The van der Waals surface area contributed by atoms with E-state index < -0.39 is 5.91 Å². The Morgan fingerprint density at radius 2 is 1.81 bits per heavy atom. The number of para-hydroxylation sites is 2. The molecular weight excluding hydrogens is 392 g/mol. The topological polar surface area (TPSA) is 108 Å². The highest BCUT2D eigenvalue weighted by Gasteiger charge is 2.19. The molecule has 0 radical (unpaired) electrons. The molecule has 8 nitrogen and oxygen atoms in total. The molecule has 0 unspecified atom stereocenters. The molecule has 0 saturated heterocycles. The molecule has 4 aromatic rings. The fourth-order valence-electron chi connectivity index (χ4n) is 3.43. The molecule has 0 spiro atoms. The number of phenols is 1. The smallest absolute Gasteiger partial charge is 0.289 e. The fraction of sp³-hybridized carbons (Fsp3) is 0.130. The Kier molecular flexibility index (Phi) is 5.36. The summed E-state index contributed by atoms with van der Waals surface area (Å²) in [5.74, 6) is -0.331. The Bertz CT molecular complexity index is 1270. The highest BCUT2D eigenvalue weighted by Crippen LogP contribution is 2.27. The number of aromatic amines is 1. The molecule has 31 heavy (non-hydrogen) atoms. The molecular formula is C23H22N6O2. The number of hydrogen-bond acceptors (Lipinski definition) is 5. The number of nitrogens with zero attached hydrogens (tertiary/aromatic N) is 4. The first-order valence-corrected chi connectivity index (χ1v) is 9.76. The standard InChI is InChI=1S/C23H22N6O2/c1-14(18-11-7-8-12-21(18)30)24-27-23(31)20-13-19(25-26-20)22-15(2)28-29(16(22)3)17-9-5-4-6-10-17/h4-13,30H,1-3H3,(H,25,26)(H,27,31). The van der Waals surface area contributed by atoms with Crippen LogP contribution in [0.2, 0.25) is 0 Å². The zero-order valence-electron chi connectivity index (χ0n) is 17.4. The van der Waals surface area contributed by atoms with E-state index in [2.05, 4.69) is 25.8 Å². The van der Waals surface area contributed by atoms with Crippen molar-refractivity contribution in [2.45, 2.75) is 20.8 Å². The Morgan fingerprint density at radius 3 is 2.55 bits per heavy atom. The number of hydrogen-bond donors (Lipinski definition) is 3. The molecule has 2 heterocycles. The third-order valence-electron chi connectivity index (χ3n) is 4.99. The summed E-state index contributed by atoms with van der Waals surface area (Å²) in [6.07, 6.45) is 0. The van der Waals surface area contributed by atoms with Gasteiger partial charge in [0.25, 0.3) is 5.91 Å². The number of aryl methyl sites for hydroxylation is 1.